The second-order valence-corrected chi connectivity index (χ2v) is 7.38. The Bertz CT molecular complexity index is 968. The molecular weight excluding hydrogens is 336 g/mol. The molecule has 3 rings (SSSR count). The Balaban J connectivity index is 1.73. The van der Waals surface area contributed by atoms with E-state index in [-0.39, 0.29) is 22.0 Å². The molecule has 0 amide bonds. The van der Waals surface area contributed by atoms with Gasteiger partial charge in [0.05, 0.1) is 22.3 Å². The van der Waals surface area contributed by atoms with Gasteiger partial charge in [0.1, 0.15) is 0 Å². The number of Topliss-reactive ketones (excluding diaryl/α,β-unsaturated/α-hetero) is 1. The number of rotatable bonds is 6. The third-order valence-corrected chi connectivity index (χ3v) is 5.48. The molecule has 0 atom stereocenters. The molecule has 0 aliphatic rings. The topological polar surface area (TPSA) is 64.3 Å². The van der Waals surface area contributed by atoms with E-state index in [9.17, 15) is 13.2 Å². The number of carbonyl (C=O) groups is 1. The largest absolute Gasteiger partial charge is 0.472 e. The quantitative estimate of drug-likeness (QED) is 0.617. The molecule has 0 aliphatic carbocycles. The van der Waals surface area contributed by atoms with E-state index in [2.05, 4.69) is 0 Å². The number of ketones is 1. The Hall–Kier alpha value is -2.92. The highest BCUT2D eigenvalue weighted by Gasteiger charge is 2.17. The van der Waals surface area contributed by atoms with E-state index in [1.807, 2.05) is 0 Å². The van der Waals surface area contributed by atoms with Gasteiger partial charge in [-0.25, -0.2) is 8.42 Å². The number of hydrogen-bond acceptors (Lipinski definition) is 4. The van der Waals surface area contributed by atoms with E-state index in [0.717, 1.165) is 5.56 Å². The van der Waals surface area contributed by atoms with Crippen LogP contribution in [0.2, 0.25) is 0 Å². The maximum absolute atomic E-state index is 12.5. The molecule has 2 aromatic carbocycles. The molecular formula is C20H16O4S. The van der Waals surface area contributed by atoms with Crippen molar-refractivity contribution < 1.29 is 17.6 Å². The van der Waals surface area contributed by atoms with Crippen LogP contribution in [-0.2, 0) is 9.84 Å². The lowest BCUT2D eigenvalue weighted by molar-refractivity contribution is 0.0996. The van der Waals surface area contributed by atoms with E-state index >= 15 is 0 Å². The Kier molecular flexibility index (Phi) is 4.95. The van der Waals surface area contributed by atoms with Crippen LogP contribution in [0, 0.1) is 0 Å². The molecule has 4 nitrogen and oxygen atoms in total. The lowest BCUT2D eigenvalue weighted by Crippen LogP contribution is -2.03. The predicted octanol–water partition coefficient (Wildman–Crippen LogP) is 4.40. The first-order valence-electron chi connectivity index (χ1n) is 7.69. The lowest BCUT2D eigenvalue weighted by atomic mass is 10.1. The van der Waals surface area contributed by atoms with Gasteiger partial charge < -0.3 is 4.42 Å². The highest BCUT2D eigenvalue weighted by molar-refractivity contribution is 7.91. The summed E-state index contributed by atoms with van der Waals surface area (Å²) in [5.41, 5.74) is 1.36. The number of furan rings is 1. The van der Waals surface area contributed by atoms with Crippen LogP contribution < -0.4 is 0 Å². The first kappa shape index (κ1) is 16.9. The molecule has 25 heavy (non-hydrogen) atoms. The molecule has 0 unspecified atom stereocenters. The standard InChI is InChI=1S/C20H16O4S/c21-20(8-4-5-16-13-14-24-15-16)17-9-11-19(12-10-17)25(22,23)18-6-2-1-3-7-18/h1-7,9-15H,8H2. The van der Waals surface area contributed by atoms with Crippen molar-refractivity contribution in [3.05, 3.63) is 90.4 Å². The summed E-state index contributed by atoms with van der Waals surface area (Å²) >= 11 is 0. The molecule has 0 bridgehead atoms. The number of sulfone groups is 1. The number of hydrogen-bond donors (Lipinski definition) is 0. The van der Waals surface area contributed by atoms with Crippen LogP contribution in [0.25, 0.3) is 6.08 Å². The van der Waals surface area contributed by atoms with E-state index in [1.54, 1.807) is 73.2 Å². The van der Waals surface area contributed by atoms with Gasteiger partial charge in [-0.15, -0.1) is 0 Å². The van der Waals surface area contributed by atoms with E-state index in [1.165, 1.54) is 12.1 Å². The molecule has 1 aromatic heterocycles. The molecule has 0 fully saturated rings. The van der Waals surface area contributed by atoms with Gasteiger partial charge >= 0.3 is 0 Å². The zero-order valence-corrected chi connectivity index (χ0v) is 14.1. The van der Waals surface area contributed by atoms with Gasteiger partial charge in [-0.2, -0.15) is 0 Å². The first-order chi connectivity index (χ1) is 12.1. The van der Waals surface area contributed by atoms with Crippen LogP contribution in [-0.4, -0.2) is 14.2 Å². The van der Waals surface area contributed by atoms with Gasteiger partial charge in [-0.3, -0.25) is 4.79 Å². The number of carbonyl (C=O) groups excluding carboxylic acids is 1. The highest BCUT2D eigenvalue weighted by atomic mass is 32.2. The van der Waals surface area contributed by atoms with Crippen molar-refractivity contribution in [3.8, 4) is 0 Å². The predicted molar refractivity (Wildman–Crippen MR) is 95.0 cm³/mol. The minimum absolute atomic E-state index is 0.0802. The number of allylic oxidation sites excluding steroid dienone is 1. The molecule has 0 radical (unpaired) electrons. The maximum Gasteiger partial charge on any atom is 0.206 e. The fourth-order valence-electron chi connectivity index (χ4n) is 2.35. The van der Waals surface area contributed by atoms with Crippen LogP contribution in [0.5, 0.6) is 0 Å². The molecule has 0 aliphatic heterocycles. The van der Waals surface area contributed by atoms with Gasteiger partial charge in [0.25, 0.3) is 0 Å². The van der Waals surface area contributed by atoms with Crippen molar-refractivity contribution in [1.29, 1.82) is 0 Å². The average molecular weight is 352 g/mol. The van der Waals surface area contributed by atoms with Crippen LogP contribution in [0.15, 0.2) is 93.5 Å². The van der Waals surface area contributed by atoms with Gasteiger partial charge in [-0.05, 0) is 30.3 Å². The summed E-state index contributed by atoms with van der Waals surface area (Å²) in [7, 11) is -3.56. The summed E-state index contributed by atoms with van der Waals surface area (Å²) in [4.78, 5) is 12.6. The van der Waals surface area contributed by atoms with Gasteiger partial charge in [-0.1, -0.05) is 42.5 Å². The fraction of sp³-hybridized carbons (Fsp3) is 0.0500. The van der Waals surface area contributed by atoms with Crippen molar-refractivity contribution in [3.63, 3.8) is 0 Å². The van der Waals surface area contributed by atoms with E-state index in [0.29, 0.717) is 5.56 Å². The second-order valence-electron chi connectivity index (χ2n) is 5.43. The summed E-state index contributed by atoms with van der Waals surface area (Å²) < 4.78 is 30.0. The fourth-order valence-corrected chi connectivity index (χ4v) is 3.63. The Morgan fingerprint density at radius 1 is 0.920 bits per heavy atom. The third kappa shape index (κ3) is 3.95. The van der Waals surface area contributed by atoms with Crippen LogP contribution in [0.3, 0.4) is 0 Å². The summed E-state index contributed by atoms with van der Waals surface area (Å²) in [6, 6.07) is 16.0. The smallest absolute Gasteiger partial charge is 0.206 e. The van der Waals surface area contributed by atoms with Crippen molar-refractivity contribution in [2.75, 3.05) is 0 Å². The Labute approximate surface area is 146 Å². The Morgan fingerprint density at radius 3 is 2.24 bits per heavy atom. The lowest BCUT2D eigenvalue weighted by Gasteiger charge is -2.05. The molecule has 0 saturated heterocycles. The zero-order chi connectivity index (χ0) is 17.7. The maximum atomic E-state index is 12.5. The summed E-state index contributed by atoms with van der Waals surface area (Å²) in [5.74, 6) is -0.0802. The zero-order valence-electron chi connectivity index (χ0n) is 13.3. The van der Waals surface area contributed by atoms with E-state index in [4.69, 9.17) is 4.42 Å². The third-order valence-electron chi connectivity index (χ3n) is 3.70. The van der Waals surface area contributed by atoms with Gasteiger partial charge in [0.15, 0.2) is 5.78 Å². The normalized spacial score (nSPS) is 11.7. The molecule has 1 heterocycles. The second kappa shape index (κ2) is 7.32. The summed E-state index contributed by atoms with van der Waals surface area (Å²) in [6.45, 7) is 0. The van der Waals surface area contributed by atoms with Crippen molar-refractivity contribution in [2.45, 2.75) is 16.2 Å². The van der Waals surface area contributed by atoms with Crippen LogP contribution >= 0.6 is 0 Å². The first-order valence-corrected chi connectivity index (χ1v) is 9.18. The van der Waals surface area contributed by atoms with Crippen LogP contribution in [0.1, 0.15) is 22.3 Å². The molecule has 0 N–H and O–H groups in total. The van der Waals surface area contributed by atoms with Crippen molar-refractivity contribution >= 4 is 21.7 Å². The molecule has 126 valence electrons. The SMILES string of the molecule is O=C(CC=Cc1ccoc1)c1ccc(S(=O)(=O)c2ccccc2)cc1. The van der Waals surface area contributed by atoms with E-state index < -0.39 is 9.84 Å². The minimum atomic E-state index is -3.56. The Morgan fingerprint density at radius 2 is 1.60 bits per heavy atom. The molecule has 3 aromatic rings. The summed E-state index contributed by atoms with van der Waals surface area (Å²) in [6.07, 6.45) is 6.94. The van der Waals surface area contributed by atoms with Crippen molar-refractivity contribution in [1.82, 2.24) is 0 Å². The minimum Gasteiger partial charge on any atom is -0.472 e. The average Bonchev–Trinajstić information content (AvgIpc) is 3.16. The number of benzene rings is 2. The summed E-state index contributed by atoms with van der Waals surface area (Å²) in [5, 5.41) is 0. The monoisotopic (exact) mass is 352 g/mol. The van der Waals surface area contributed by atoms with Crippen molar-refractivity contribution in [2.24, 2.45) is 0 Å². The van der Waals surface area contributed by atoms with Gasteiger partial charge in [0, 0.05) is 17.5 Å². The highest BCUT2D eigenvalue weighted by Crippen LogP contribution is 2.21. The molecule has 0 spiro atoms. The van der Waals surface area contributed by atoms with Crippen LogP contribution in [0.4, 0.5) is 0 Å². The molecule has 5 heteroatoms. The molecule has 0 saturated carbocycles. The van der Waals surface area contributed by atoms with Gasteiger partial charge in [0.2, 0.25) is 9.84 Å².